The molecule has 1 heterocycles. The summed E-state index contributed by atoms with van der Waals surface area (Å²) in [7, 11) is 1.70. The SMILES string of the molecule is COCCCN1CCN(Cc2ccccc2-c2ccccc2)CCC1=O. The minimum atomic E-state index is 0.264. The number of carbonyl (C=O) groups is 1. The van der Waals surface area contributed by atoms with E-state index >= 15 is 0 Å². The molecule has 0 bridgehead atoms. The molecule has 1 saturated heterocycles. The summed E-state index contributed by atoms with van der Waals surface area (Å²) in [6, 6.07) is 19.1. The second-order valence-electron chi connectivity index (χ2n) is 6.78. The average molecular weight is 352 g/mol. The number of benzene rings is 2. The molecule has 2 aromatic rings. The number of methoxy groups -OCH3 is 1. The van der Waals surface area contributed by atoms with Gasteiger partial charge in [-0.3, -0.25) is 9.69 Å². The first-order valence-corrected chi connectivity index (χ1v) is 9.40. The fraction of sp³-hybridized carbons (Fsp3) is 0.409. The predicted octanol–water partition coefficient (Wildman–Crippen LogP) is 3.42. The van der Waals surface area contributed by atoms with E-state index in [4.69, 9.17) is 4.74 Å². The number of amides is 1. The fourth-order valence-electron chi connectivity index (χ4n) is 3.50. The molecule has 26 heavy (non-hydrogen) atoms. The van der Waals surface area contributed by atoms with Crippen molar-refractivity contribution in [1.29, 1.82) is 0 Å². The van der Waals surface area contributed by atoms with Gasteiger partial charge < -0.3 is 9.64 Å². The van der Waals surface area contributed by atoms with Gasteiger partial charge in [-0.2, -0.15) is 0 Å². The zero-order chi connectivity index (χ0) is 18.2. The molecule has 0 atom stereocenters. The molecule has 0 radical (unpaired) electrons. The van der Waals surface area contributed by atoms with Crippen LogP contribution in [0.2, 0.25) is 0 Å². The molecule has 1 amide bonds. The normalized spacial score (nSPS) is 15.9. The van der Waals surface area contributed by atoms with Crippen LogP contribution in [0, 0.1) is 0 Å². The maximum absolute atomic E-state index is 12.4. The zero-order valence-electron chi connectivity index (χ0n) is 15.6. The molecule has 1 aliphatic heterocycles. The van der Waals surface area contributed by atoms with Crippen molar-refractivity contribution in [1.82, 2.24) is 9.80 Å². The molecule has 0 unspecified atom stereocenters. The number of nitrogens with zero attached hydrogens (tertiary/aromatic N) is 2. The van der Waals surface area contributed by atoms with Crippen LogP contribution in [-0.4, -0.2) is 55.6 Å². The predicted molar refractivity (Wildman–Crippen MR) is 105 cm³/mol. The smallest absolute Gasteiger partial charge is 0.223 e. The molecule has 1 aliphatic rings. The molecule has 138 valence electrons. The molecule has 0 spiro atoms. The molecule has 0 N–H and O–H groups in total. The fourth-order valence-corrected chi connectivity index (χ4v) is 3.50. The highest BCUT2D eigenvalue weighted by atomic mass is 16.5. The minimum Gasteiger partial charge on any atom is -0.385 e. The van der Waals surface area contributed by atoms with Gasteiger partial charge in [0, 0.05) is 52.9 Å². The van der Waals surface area contributed by atoms with E-state index in [9.17, 15) is 4.79 Å². The zero-order valence-corrected chi connectivity index (χ0v) is 15.6. The molecule has 0 saturated carbocycles. The van der Waals surface area contributed by atoms with Crippen molar-refractivity contribution in [3.05, 3.63) is 60.2 Å². The van der Waals surface area contributed by atoms with Crippen LogP contribution in [0.1, 0.15) is 18.4 Å². The van der Waals surface area contributed by atoms with Gasteiger partial charge in [-0.25, -0.2) is 0 Å². The van der Waals surface area contributed by atoms with E-state index in [1.54, 1.807) is 7.11 Å². The summed E-state index contributed by atoms with van der Waals surface area (Å²) >= 11 is 0. The summed E-state index contributed by atoms with van der Waals surface area (Å²) < 4.78 is 5.11. The summed E-state index contributed by atoms with van der Waals surface area (Å²) in [6.07, 6.45) is 1.50. The van der Waals surface area contributed by atoms with Crippen LogP contribution < -0.4 is 0 Å². The Morgan fingerprint density at radius 1 is 0.962 bits per heavy atom. The topological polar surface area (TPSA) is 32.8 Å². The van der Waals surface area contributed by atoms with Crippen molar-refractivity contribution in [3.8, 4) is 11.1 Å². The molecule has 4 heteroatoms. The van der Waals surface area contributed by atoms with E-state index in [0.717, 1.165) is 39.1 Å². The van der Waals surface area contributed by atoms with E-state index in [0.29, 0.717) is 13.0 Å². The van der Waals surface area contributed by atoms with Gasteiger partial charge in [0.15, 0.2) is 0 Å². The van der Waals surface area contributed by atoms with Crippen LogP contribution in [0.15, 0.2) is 54.6 Å². The van der Waals surface area contributed by atoms with Gasteiger partial charge in [0.1, 0.15) is 0 Å². The lowest BCUT2D eigenvalue weighted by Crippen LogP contribution is -2.34. The highest BCUT2D eigenvalue weighted by molar-refractivity contribution is 5.76. The molecular formula is C22H28N2O2. The summed E-state index contributed by atoms with van der Waals surface area (Å²) in [4.78, 5) is 16.7. The Kier molecular flexibility index (Phi) is 6.81. The van der Waals surface area contributed by atoms with Gasteiger partial charge in [-0.05, 0) is 23.1 Å². The van der Waals surface area contributed by atoms with E-state index in [1.807, 2.05) is 11.0 Å². The van der Waals surface area contributed by atoms with Crippen molar-refractivity contribution in [2.45, 2.75) is 19.4 Å². The van der Waals surface area contributed by atoms with Crippen LogP contribution in [0.25, 0.3) is 11.1 Å². The van der Waals surface area contributed by atoms with Gasteiger partial charge in [0.25, 0.3) is 0 Å². The third-order valence-corrected chi connectivity index (χ3v) is 4.95. The maximum atomic E-state index is 12.4. The first kappa shape index (κ1) is 18.6. The van der Waals surface area contributed by atoms with Crippen LogP contribution in [0.3, 0.4) is 0 Å². The average Bonchev–Trinajstić information content (AvgIpc) is 2.85. The van der Waals surface area contributed by atoms with Crippen LogP contribution in [0.5, 0.6) is 0 Å². The van der Waals surface area contributed by atoms with Gasteiger partial charge in [-0.15, -0.1) is 0 Å². The van der Waals surface area contributed by atoms with E-state index in [1.165, 1.54) is 16.7 Å². The molecule has 2 aromatic carbocycles. The van der Waals surface area contributed by atoms with Crippen molar-refractivity contribution in [2.24, 2.45) is 0 Å². The number of hydrogen-bond donors (Lipinski definition) is 0. The lowest BCUT2D eigenvalue weighted by atomic mass is 9.99. The molecular weight excluding hydrogens is 324 g/mol. The van der Waals surface area contributed by atoms with E-state index in [-0.39, 0.29) is 5.91 Å². The van der Waals surface area contributed by atoms with Gasteiger partial charge in [0.2, 0.25) is 5.91 Å². The monoisotopic (exact) mass is 352 g/mol. The first-order chi connectivity index (χ1) is 12.8. The van der Waals surface area contributed by atoms with Crippen molar-refractivity contribution >= 4 is 5.91 Å². The second-order valence-corrected chi connectivity index (χ2v) is 6.78. The van der Waals surface area contributed by atoms with Gasteiger partial charge in [-0.1, -0.05) is 54.6 Å². The molecule has 1 fully saturated rings. The Labute approximate surface area is 156 Å². The Hall–Kier alpha value is -2.17. The highest BCUT2D eigenvalue weighted by Gasteiger charge is 2.21. The number of ether oxygens (including phenoxy) is 1. The second kappa shape index (κ2) is 9.51. The van der Waals surface area contributed by atoms with E-state index < -0.39 is 0 Å². The third kappa shape index (κ3) is 4.93. The van der Waals surface area contributed by atoms with Crippen LogP contribution in [0.4, 0.5) is 0 Å². The maximum Gasteiger partial charge on any atom is 0.223 e. The largest absolute Gasteiger partial charge is 0.385 e. The number of rotatable bonds is 7. The van der Waals surface area contributed by atoms with Gasteiger partial charge >= 0.3 is 0 Å². The van der Waals surface area contributed by atoms with E-state index in [2.05, 4.69) is 53.4 Å². The lowest BCUT2D eigenvalue weighted by molar-refractivity contribution is -0.130. The summed E-state index contributed by atoms with van der Waals surface area (Å²) in [6.45, 7) is 4.92. The van der Waals surface area contributed by atoms with Crippen molar-refractivity contribution in [3.63, 3.8) is 0 Å². The Balaban J connectivity index is 1.66. The number of hydrogen-bond acceptors (Lipinski definition) is 3. The van der Waals surface area contributed by atoms with Crippen molar-refractivity contribution in [2.75, 3.05) is 39.9 Å². The summed E-state index contributed by atoms with van der Waals surface area (Å²) in [5.74, 6) is 0.264. The number of carbonyl (C=O) groups excluding carboxylic acids is 1. The molecule has 3 rings (SSSR count). The highest BCUT2D eigenvalue weighted by Crippen LogP contribution is 2.25. The van der Waals surface area contributed by atoms with Crippen molar-refractivity contribution < 1.29 is 9.53 Å². The lowest BCUT2D eigenvalue weighted by Gasteiger charge is -2.23. The Morgan fingerprint density at radius 3 is 2.54 bits per heavy atom. The summed E-state index contributed by atoms with van der Waals surface area (Å²) in [5.41, 5.74) is 3.84. The minimum absolute atomic E-state index is 0.264. The Bertz CT molecular complexity index is 702. The Morgan fingerprint density at radius 2 is 1.73 bits per heavy atom. The van der Waals surface area contributed by atoms with Crippen LogP contribution >= 0.6 is 0 Å². The molecule has 0 aliphatic carbocycles. The summed E-state index contributed by atoms with van der Waals surface area (Å²) in [5, 5.41) is 0. The van der Waals surface area contributed by atoms with Gasteiger partial charge in [0.05, 0.1) is 0 Å². The van der Waals surface area contributed by atoms with Crippen LogP contribution in [-0.2, 0) is 16.1 Å². The third-order valence-electron chi connectivity index (χ3n) is 4.95. The molecule has 4 nitrogen and oxygen atoms in total. The molecule has 0 aromatic heterocycles. The first-order valence-electron chi connectivity index (χ1n) is 9.40. The standard InChI is InChI=1S/C22H28N2O2/c1-26-17-7-13-24-16-15-23(14-12-22(24)25)18-20-10-5-6-11-21(20)19-8-3-2-4-9-19/h2-6,8-11H,7,12-18H2,1H3. The quantitative estimate of drug-likeness (QED) is 0.716.